The molecule has 0 unspecified atom stereocenters. The maximum atomic E-state index is 11.9. The molecule has 0 aromatic carbocycles. The zero-order valence-corrected chi connectivity index (χ0v) is 13.9. The largest absolute Gasteiger partial charge is 0.347 e. The molecule has 1 aliphatic heterocycles. The van der Waals surface area contributed by atoms with Gasteiger partial charge in [-0.25, -0.2) is 4.98 Å². The number of carbonyl (C=O) groups excluding carboxylic acids is 2. The van der Waals surface area contributed by atoms with Crippen molar-refractivity contribution >= 4 is 53.1 Å². The molecule has 6 nitrogen and oxygen atoms in total. The molecule has 1 aliphatic rings. The zero-order valence-electron chi connectivity index (χ0n) is 11.5. The van der Waals surface area contributed by atoms with E-state index in [4.69, 9.17) is 0 Å². The van der Waals surface area contributed by atoms with Crippen LogP contribution in [-0.4, -0.2) is 36.4 Å². The lowest BCUT2D eigenvalue weighted by molar-refractivity contribution is -0.114. The highest BCUT2D eigenvalue weighted by atomic mass is 35.5. The third-order valence-electron chi connectivity index (χ3n) is 2.65. The highest BCUT2D eigenvalue weighted by Gasteiger charge is 2.12. The Morgan fingerprint density at radius 3 is 2.81 bits per heavy atom. The quantitative estimate of drug-likeness (QED) is 0.718. The lowest BCUT2D eigenvalue weighted by Gasteiger charge is -2.14. The third kappa shape index (κ3) is 6.43. The van der Waals surface area contributed by atoms with Crippen molar-refractivity contribution in [2.75, 3.05) is 25.0 Å². The number of halogens is 2. The van der Waals surface area contributed by atoms with Crippen LogP contribution in [0.3, 0.4) is 0 Å². The lowest BCUT2D eigenvalue weighted by atomic mass is 10.1. The van der Waals surface area contributed by atoms with Crippen molar-refractivity contribution < 1.29 is 9.59 Å². The molecule has 0 radical (unpaired) electrons. The minimum absolute atomic E-state index is 0. The van der Waals surface area contributed by atoms with E-state index >= 15 is 0 Å². The summed E-state index contributed by atoms with van der Waals surface area (Å²) >= 11 is 1.24. The highest BCUT2D eigenvalue weighted by molar-refractivity contribution is 7.14. The molecule has 0 atom stereocenters. The maximum Gasteiger partial charge on any atom is 0.271 e. The van der Waals surface area contributed by atoms with Gasteiger partial charge in [-0.2, -0.15) is 0 Å². The summed E-state index contributed by atoms with van der Waals surface area (Å²) in [6.45, 7) is 3.76. The van der Waals surface area contributed by atoms with Crippen molar-refractivity contribution in [2.24, 2.45) is 0 Å². The van der Waals surface area contributed by atoms with Crippen LogP contribution in [0.4, 0.5) is 5.13 Å². The van der Waals surface area contributed by atoms with Crippen LogP contribution in [0.25, 0.3) is 0 Å². The van der Waals surface area contributed by atoms with Crippen LogP contribution in [0.1, 0.15) is 23.8 Å². The first-order chi connectivity index (χ1) is 9.15. The van der Waals surface area contributed by atoms with Crippen LogP contribution >= 0.6 is 36.2 Å². The van der Waals surface area contributed by atoms with E-state index in [0.717, 1.165) is 19.5 Å². The minimum Gasteiger partial charge on any atom is -0.347 e. The van der Waals surface area contributed by atoms with E-state index in [1.807, 2.05) is 0 Å². The van der Waals surface area contributed by atoms with Crippen LogP contribution in [0.15, 0.2) is 17.0 Å². The first kappa shape index (κ1) is 19.9. The molecule has 2 rings (SSSR count). The predicted molar refractivity (Wildman–Crippen MR) is 88.8 cm³/mol. The fourth-order valence-corrected chi connectivity index (χ4v) is 2.44. The van der Waals surface area contributed by atoms with E-state index in [-0.39, 0.29) is 36.6 Å². The highest BCUT2D eigenvalue weighted by Crippen LogP contribution is 2.15. The first-order valence-corrected chi connectivity index (χ1v) is 6.93. The van der Waals surface area contributed by atoms with Gasteiger partial charge in [-0.3, -0.25) is 9.59 Å². The van der Waals surface area contributed by atoms with E-state index in [2.05, 4.69) is 27.0 Å². The molecule has 21 heavy (non-hydrogen) atoms. The van der Waals surface area contributed by atoms with Gasteiger partial charge < -0.3 is 16.0 Å². The summed E-state index contributed by atoms with van der Waals surface area (Å²) < 4.78 is 0. The number of rotatable bonds is 4. The van der Waals surface area contributed by atoms with Gasteiger partial charge in [0.1, 0.15) is 5.69 Å². The van der Waals surface area contributed by atoms with Gasteiger partial charge in [0.05, 0.1) is 0 Å². The van der Waals surface area contributed by atoms with Crippen molar-refractivity contribution in [2.45, 2.75) is 13.3 Å². The standard InChI is InChI=1S/C12H16N4O2S.2ClH/c1-8(17)15-12-16-10(7-19-12)11(18)14-6-9-2-4-13-5-3-9;;/h2,7,13H,3-6H2,1H3,(H,14,18)(H,15,16,17);2*1H. The average Bonchev–Trinajstić information content (AvgIpc) is 2.85. The molecular weight excluding hydrogens is 335 g/mol. The van der Waals surface area contributed by atoms with E-state index in [0.29, 0.717) is 17.4 Å². The SMILES string of the molecule is CC(=O)Nc1nc(C(=O)NCC2=CCNCC2)cs1.Cl.Cl. The Morgan fingerprint density at radius 1 is 1.43 bits per heavy atom. The van der Waals surface area contributed by atoms with Gasteiger partial charge in [-0.1, -0.05) is 11.6 Å². The maximum absolute atomic E-state index is 11.9. The number of carbonyl (C=O) groups is 2. The Bertz CT molecular complexity index is 519. The summed E-state index contributed by atoms with van der Waals surface area (Å²) in [5, 5.41) is 10.7. The van der Waals surface area contributed by atoms with Gasteiger partial charge in [0.15, 0.2) is 5.13 Å². The van der Waals surface area contributed by atoms with Crippen LogP contribution in [0.2, 0.25) is 0 Å². The summed E-state index contributed by atoms with van der Waals surface area (Å²) in [5.41, 5.74) is 1.56. The Balaban J connectivity index is 0.00000200. The Labute approximate surface area is 139 Å². The van der Waals surface area contributed by atoms with E-state index in [1.54, 1.807) is 5.38 Å². The molecule has 118 valence electrons. The van der Waals surface area contributed by atoms with Crippen molar-refractivity contribution in [1.29, 1.82) is 0 Å². The number of amides is 2. The molecule has 0 bridgehead atoms. The summed E-state index contributed by atoms with van der Waals surface area (Å²) in [4.78, 5) is 26.8. The second kappa shape index (κ2) is 9.73. The number of aromatic nitrogens is 1. The molecule has 2 heterocycles. The molecule has 1 aromatic rings. The number of nitrogens with zero attached hydrogens (tertiary/aromatic N) is 1. The lowest BCUT2D eigenvalue weighted by Crippen LogP contribution is -2.29. The van der Waals surface area contributed by atoms with E-state index in [1.165, 1.54) is 23.8 Å². The van der Waals surface area contributed by atoms with Crippen molar-refractivity contribution in [3.05, 3.63) is 22.7 Å². The molecule has 0 saturated carbocycles. The Morgan fingerprint density at radius 2 is 2.19 bits per heavy atom. The van der Waals surface area contributed by atoms with Gasteiger partial charge in [0.2, 0.25) is 5.91 Å². The molecule has 2 amide bonds. The Kier molecular flexibility index (Phi) is 9.19. The molecular formula is C12H18Cl2N4O2S. The molecule has 9 heteroatoms. The fourth-order valence-electron chi connectivity index (χ4n) is 1.70. The normalized spacial score (nSPS) is 13.3. The minimum atomic E-state index is -0.215. The van der Waals surface area contributed by atoms with Gasteiger partial charge in [0, 0.05) is 25.4 Å². The molecule has 1 aromatic heterocycles. The number of hydrogen-bond donors (Lipinski definition) is 3. The van der Waals surface area contributed by atoms with Gasteiger partial charge >= 0.3 is 0 Å². The van der Waals surface area contributed by atoms with Crippen LogP contribution in [0.5, 0.6) is 0 Å². The Hall–Kier alpha value is -1.15. The topological polar surface area (TPSA) is 83.1 Å². The van der Waals surface area contributed by atoms with E-state index in [9.17, 15) is 9.59 Å². The molecule has 0 fully saturated rings. The monoisotopic (exact) mass is 352 g/mol. The third-order valence-corrected chi connectivity index (χ3v) is 3.41. The summed E-state index contributed by atoms with van der Waals surface area (Å²) in [6.07, 6.45) is 3.04. The van der Waals surface area contributed by atoms with Crippen molar-refractivity contribution in [3.8, 4) is 0 Å². The molecule has 3 N–H and O–H groups in total. The van der Waals surface area contributed by atoms with Crippen LogP contribution in [-0.2, 0) is 4.79 Å². The second-order valence-corrected chi connectivity index (χ2v) is 5.08. The smallest absolute Gasteiger partial charge is 0.271 e. The number of thiazole rings is 1. The van der Waals surface area contributed by atoms with Gasteiger partial charge in [0.25, 0.3) is 5.91 Å². The number of hydrogen-bond acceptors (Lipinski definition) is 5. The van der Waals surface area contributed by atoms with Crippen LogP contribution in [0, 0.1) is 0 Å². The number of nitrogens with one attached hydrogen (secondary N) is 3. The number of anilines is 1. The summed E-state index contributed by atoms with van der Waals surface area (Å²) in [7, 11) is 0. The van der Waals surface area contributed by atoms with Gasteiger partial charge in [-0.05, 0) is 13.0 Å². The van der Waals surface area contributed by atoms with Gasteiger partial charge in [-0.15, -0.1) is 36.2 Å². The second-order valence-electron chi connectivity index (χ2n) is 4.22. The first-order valence-electron chi connectivity index (χ1n) is 6.05. The molecule has 0 spiro atoms. The van der Waals surface area contributed by atoms with Crippen molar-refractivity contribution in [1.82, 2.24) is 15.6 Å². The predicted octanol–water partition coefficient (Wildman–Crippen LogP) is 1.59. The fraction of sp³-hybridized carbons (Fsp3) is 0.417. The summed E-state index contributed by atoms with van der Waals surface area (Å²) in [6, 6.07) is 0. The van der Waals surface area contributed by atoms with Crippen molar-refractivity contribution in [3.63, 3.8) is 0 Å². The molecule has 0 aliphatic carbocycles. The zero-order chi connectivity index (χ0) is 13.7. The van der Waals surface area contributed by atoms with E-state index < -0.39 is 0 Å². The average molecular weight is 353 g/mol. The van der Waals surface area contributed by atoms with Crippen LogP contribution < -0.4 is 16.0 Å². The molecule has 0 saturated heterocycles. The summed E-state index contributed by atoms with van der Waals surface area (Å²) in [5.74, 6) is -0.409.